The molecular weight excluding hydrogens is 312 g/mol. The maximum atomic E-state index is 10.8. The lowest BCUT2D eigenvalue weighted by Gasteiger charge is -2.05. The van der Waals surface area contributed by atoms with E-state index in [1.54, 1.807) is 12.1 Å². The Morgan fingerprint density at radius 1 is 1.43 bits per heavy atom. The predicted molar refractivity (Wildman–Crippen MR) is 63.2 cm³/mol. The zero-order valence-electron chi connectivity index (χ0n) is 7.46. The van der Waals surface area contributed by atoms with E-state index in [-0.39, 0.29) is 0 Å². The number of benzene rings is 1. The van der Waals surface area contributed by atoms with E-state index in [1.807, 2.05) is 6.07 Å². The molecule has 0 heterocycles. The molecule has 2 nitrogen and oxygen atoms in total. The lowest BCUT2D eigenvalue weighted by atomic mass is 10.1. The van der Waals surface area contributed by atoms with Crippen LogP contribution in [0.1, 0.15) is 22.3 Å². The Balaban J connectivity index is 2.95. The number of aryl methyl sites for hydroxylation is 1. The van der Waals surface area contributed by atoms with E-state index in [1.165, 1.54) is 0 Å². The first-order chi connectivity index (χ1) is 6.66. The highest BCUT2D eigenvalue weighted by Gasteiger charge is 2.10. The number of halogens is 2. The predicted octanol–water partition coefficient (Wildman–Crippen LogP) is 3.47. The van der Waals surface area contributed by atoms with Crippen molar-refractivity contribution in [2.24, 2.45) is 0 Å². The molecular formula is C10H10Br2O2. The SMILES string of the molecule is O=C(O)c1cccc(CCCBr)c1Br. The number of alkyl halides is 1. The Bertz CT molecular complexity index is 337. The molecule has 0 saturated carbocycles. The molecule has 0 aromatic heterocycles. The summed E-state index contributed by atoms with van der Waals surface area (Å²) in [4.78, 5) is 10.8. The molecule has 76 valence electrons. The van der Waals surface area contributed by atoms with E-state index < -0.39 is 5.97 Å². The summed E-state index contributed by atoms with van der Waals surface area (Å²) in [5, 5.41) is 9.80. The summed E-state index contributed by atoms with van der Waals surface area (Å²) >= 11 is 6.66. The van der Waals surface area contributed by atoms with Crippen LogP contribution in [0.4, 0.5) is 0 Å². The minimum atomic E-state index is -0.891. The molecule has 0 unspecified atom stereocenters. The van der Waals surface area contributed by atoms with Crippen molar-refractivity contribution in [3.05, 3.63) is 33.8 Å². The summed E-state index contributed by atoms with van der Waals surface area (Å²) in [5.41, 5.74) is 1.38. The Kier molecular flexibility index (Phi) is 4.62. The van der Waals surface area contributed by atoms with Crippen molar-refractivity contribution in [3.8, 4) is 0 Å². The van der Waals surface area contributed by atoms with Gasteiger partial charge in [0.2, 0.25) is 0 Å². The van der Waals surface area contributed by atoms with Crippen molar-refractivity contribution >= 4 is 37.8 Å². The van der Waals surface area contributed by atoms with Gasteiger partial charge in [-0.3, -0.25) is 0 Å². The summed E-state index contributed by atoms with van der Waals surface area (Å²) in [6.07, 6.45) is 1.88. The van der Waals surface area contributed by atoms with Crippen LogP contribution in [0, 0.1) is 0 Å². The molecule has 0 bridgehead atoms. The summed E-state index contributed by atoms with van der Waals surface area (Å²) in [6, 6.07) is 5.32. The highest BCUT2D eigenvalue weighted by molar-refractivity contribution is 9.10. The van der Waals surface area contributed by atoms with Crippen LogP contribution in [0.3, 0.4) is 0 Å². The smallest absolute Gasteiger partial charge is 0.336 e. The van der Waals surface area contributed by atoms with Gasteiger partial charge in [0.25, 0.3) is 0 Å². The molecule has 14 heavy (non-hydrogen) atoms. The molecule has 0 spiro atoms. The highest BCUT2D eigenvalue weighted by Crippen LogP contribution is 2.23. The van der Waals surface area contributed by atoms with Crippen LogP contribution in [0.5, 0.6) is 0 Å². The van der Waals surface area contributed by atoms with Gasteiger partial charge in [0.15, 0.2) is 0 Å². The van der Waals surface area contributed by atoms with Gasteiger partial charge in [0, 0.05) is 9.80 Å². The normalized spacial score (nSPS) is 10.1. The molecule has 0 aliphatic rings. The lowest BCUT2D eigenvalue weighted by Crippen LogP contribution is -2.00. The molecule has 0 aliphatic carbocycles. The van der Waals surface area contributed by atoms with Gasteiger partial charge in [-0.2, -0.15) is 0 Å². The van der Waals surface area contributed by atoms with Crippen LogP contribution in [0.2, 0.25) is 0 Å². The monoisotopic (exact) mass is 320 g/mol. The quantitative estimate of drug-likeness (QED) is 0.862. The highest BCUT2D eigenvalue weighted by atomic mass is 79.9. The number of hydrogen-bond donors (Lipinski definition) is 1. The second kappa shape index (κ2) is 5.51. The van der Waals surface area contributed by atoms with Gasteiger partial charge in [0.1, 0.15) is 0 Å². The van der Waals surface area contributed by atoms with Crippen molar-refractivity contribution in [2.75, 3.05) is 5.33 Å². The third-order valence-electron chi connectivity index (χ3n) is 1.89. The fraction of sp³-hybridized carbons (Fsp3) is 0.300. The van der Waals surface area contributed by atoms with Crippen LogP contribution >= 0.6 is 31.9 Å². The van der Waals surface area contributed by atoms with Gasteiger partial charge in [0.05, 0.1) is 5.56 Å². The van der Waals surface area contributed by atoms with Crippen LogP contribution in [-0.4, -0.2) is 16.4 Å². The van der Waals surface area contributed by atoms with Crippen molar-refractivity contribution in [3.63, 3.8) is 0 Å². The van der Waals surface area contributed by atoms with E-state index in [9.17, 15) is 4.79 Å². The van der Waals surface area contributed by atoms with E-state index in [2.05, 4.69) is 31.9 Å². The maximum absolute atomic E-state index is 10.8. The van der Waals surface area contributed by atoms with E-state index in [0.29, 0.717) is 10.0 Å². The van der Waals surface area contributed by atoms with Crippen molar-refractivity contribution in [1.29, 1.82) is 0 Å². The Morgan fingerprint density at radius 3 is 2.71 bits per heavy atom. The molecule has 0 amide bonds. The van der Waals surface area contributed by atoms with Gasteiger partial charge in [-0.1, -0.05) is 28.1 Å². The average Bonchev–Trinajstić information content (AvgIpc) is 2.16. The van der Waals surface area contributed by atoms with Crippen molar-refractivity contribution < 1.29 is 9.90 Å². The third kappa shape index (κ3) is 2.82. The zero-order valence-corrected chi connectivity index (χ0v) is 10.6. The molecule has 0 atom stereocenters. The van der Waals surface area contributed by atoms with E-state index >= 15 is 0 Å². The number of rotatable bonds is 4. The Morgan fingerprint density at radius 2 is 2.14 bits per heavy atom. The third-order valence-corrected chi connectivity index (χ3v) is 3.39. The van der Waals surface area contributed by atoms with E-state index in [4.69, 9.17) is 5.11 Å². The minimum absolute atomic E-state index is 0.331. The molecule has 4 heteroatoms. The fourth-order valence-corrected chi connectivity index (χ4v) is 2.11. The number of hydrogen-bond acceptors (Lipinski definition) is 1. The largest absolute Gasteiger partial charge is 0.478 e. The summed E-state index contributed by atoms with van der Waals surface area (Å²) < 4.78 is 0.702. The topological polar surface area (TPSA) is 37.3 Å². The first-order valence-electron chi connectivity index (χ1n) is 4.23. The fourth-order valence-electron chi connectivity index (χ4n) is 1.20. The molecule has 1 aromatic carbocycles. The first kappa shape index (κ1) is 11.7. The standard InChI is InChI=1S/C10H10Br2O2/c11-6-2-4-7-3-1-5-8(9(7)12)10(13)14/h1,3,5H,2,4,6H2,(H,13,14). The second-order valence-electron chi connectivity index (χ2n) is 2.88. The molecule has 1 rings (SSSR count). The molecule has 1 aromatic rings. The lowest BCUT2D eigenvalue weighted by molar-refractivity contribution is 0.0695. The second-order valence-corrected chi connectivity index (χ2v) is 4.46. The summed E-state index contributed by atoms with van der Waals surface area (Å²) in [7, 11) is 0. The van der Waals surface area contributed by atoms with Crippen LogP contribution in [0.15, 0.2) is 22.7 Å². The average molecular weight is 322 g/mol. The molecule has 0 radical (unpaired) electrons. The molecule has 0 fully saturated rings. The molecule has 0 saturated heterocycles. The Hall–Kier alpha value is -0.350. The van der Waals surface area contributed by atoms with Gasteiger partial charge in [-0.25, -0.2) is 4.79 Å². The number of aromatic carboxylic acids is 1. The summed E-state index contributed by atoms with van der Waals surface area (Å²) in [5.74, 6) is -0.891. The molecule has 0 aliphatic heterocycles. The maximum Gasteiger partial charge on any atom is 0.336 e. The van der Waals surface area contributed by atoms with Gasteiger partial charge in [-0.15, -0.1) is 0 Å². The Labute approximate surface area is 99.6 Å². The van der Waals surface area contributed by atoms with Gasteiger partial charge >= 0.3 is 5.97 Å². The number of carboxylic acid groups (broad SMARTS) is 1. The van der Waals surface area contributed by atoms with Crippen LogP contribution in [0.25, 0.3) is 0 Å². The zero-order chi connectivity index (χ0) is 10.6. The van der Waals surface area contributed by atoms with Crippen molar-refractivity contribution in [1.82, 2.24) is 0 Å². The van der Waals surface area contributed by atoms with Crippen LogP contribution in [-0.2, 0) is 6.42 Å². The number of carbonyl (C=O) groups is 1. The summed E-state index contributed by atoms with van der Waals surface area (Å²) in [6.45, 7) is 0. The van der Waals surface area contributed by atoms with E-state index in [0.717, 1.165) is 23.7 Å². The van der Waals surface area contributed by atoms with Crippen molar-refractivity contribution in [2.45, 2.75) is 12.8 Å². The van der Waals surface area contributed by atoms with Crippen LogP contribution < -0.4 is 0 Å². The first-order valence-corrected chi connectivity index (χ1v) is 6.15. The minimum Gasteiger partial charge on any atom is -0.478 e. The van der Waals surface area contributed by atoms with Gasteiger partial charge in [-0.05, 0) is 40.4 Å². The van der Waals surface area contributed by atoms with Gasteiger partial charge < -0.3 is 5.11 Å². The molecule has 1 N–H and O–H groups in total. The number of carboxylic acids is 1.